The summed E-state index contributed by atoms with van der Waals surface area (Å²) in [6, 6.07) is 9.79. The highest BCUT2D eigenvalue weighted by atomic mass is 35.5. The Morgan fingerprint density at radius 3 is 2.17 bits per heavy atom. The summed E-state index contributed by atoms with van der Waals surface area (Å²) in [5.41, 5.74) is -0.211. The number of nitro groups is 1. The van der Waals surface area contributed by atoms with Crippen LogP contribution >= 0.6 is 23.2 Å². The highest BCUT2D eigenvalue weighted by Gasteiger charge is 2.20. The SMILES string of the molecule is O=C(Nc1ccc(Cl)cc1Cl)C(=O)Nc1ccccc1[N+](=O)[O-]. The fourth-order valence-electron chi connectivity index (χ4n) is 1.69. The first-order valence-corrected chi connectivity index (χ1v) is 6.95. The van der Waals surface area contributed by atoms with Gasteiger partial charge in [-0.3, -0.25) is 19.7 Å². The zero-order chi connectivity index (χ0) is 17.0. The number of amides is 2. The van der Waals surface area contributed by atoms with E-state index in [2.05, 4.69) is 10.6 Å². The predicted octanol–water partition coefficient (Wildman–Crippen LogP) is 3.48. The molecule has 2 aromatic rings. The van der Waals surface area contributed by atoms with E-state index in [1.165, 1.54) is 42.5 Å². The van der Waals surface area contributed by atoms with Crippen LogP contribution in [0.1, 0.15) is 0 Å². The van der Waals surface area contributed by atoms with Crippen LogP contribution in [0.15, 0.2) is 42.5 Å². The van der Waals surface area contributed by atoms with Crippen LogP contribution in [0, 0.1) is 10.1 Å². The molecule has 0 unspecified atom stereocenters. The molecular formula is C14H9Cl2N3O4. The Labute approximate surface area is 140 Å². The second kappa shape index (κ2) is 7.08. The lowest BCUT2D eigenvalue weighted by atomic mass is 10.2. The van der Waals surface area contributed by atoms with Crippen LogP contribution in [-0.4, -0.2) is 16.7 Å². The van der Waals surface area contributed by atoms with Gasteiger partial charge in [0, 0.05) is 11.1 Å². The summed E-state index contributed by atoms with van der Waals surface area (Å²) in [5, 5.41) is 15.9. The van der Waals surface area contributed by atoms with Gasteiger partial charge in [-0.2, -0.15) is 0 Å². The molecular weight excluding hydrogens is 345 g/mol. The molecule has 0 atom stereocenters. The van der Waals surface area contributed by atoms with Crippen molar-refractivity contribution in [1.29, 1.82) is 0 Å². The number of halogens is 2. The number of rotatable bonds is 3. The molecule has 0 radical (unpaired) electrons. The van der Waals surface area contributed by atoms with Gasteiger partial charge < -0.3 is 10.6 Å². The Hall–Kier alpha value is -2.64. The molecule has 0 heterocycles. The standard InChI is InChI=1S/C14H9Cl2N3O4/c15-8-5-6-10(9(16)7-8)17-13(20)14(21)18-11-3-1-2-4-12(11)19(22)23/h1-7H,(H,17,20)(H,18,21). The summed E-state index contributed by atoms with van der Waals surface area (Å²) in [5.74, 6) is -2.09. The van der Waals surface area contributed by atoms with E-state index in [4.69, 9.17) is 23.2 Å². The van der Waals surface area contributed by atoms with Gasteiger partial charge in [-0.15, -0.1) is 0 Å². The van der Waals surface area contributed by atoms with Crippen molar-refractivity contribution in [1.82, 2.24) is 0 Å². The third kappa shape index (κ3) is 4.18. The summed E-state index contributed by atoms with van der Waals surface area (Å²) in [6.07, 6.45) is 0. The van der Waals surface area contributed by atoms with E-state index >= 15 is 0 Å². The van der Waals surface area contributed by atoms with Gasteiger partial charge in [0.2, 0.25) is 0 Å². The summed E-state index contributed by atoms with van der Waals surface area (Å²) < 4.78 is 0. The van der Waals surface area contributed by atoms with Crippen molar-refractivity contribution in [2.45, 2.75) is 0 Å². The van der Waals surface area contributed by atoms with Crippen LogP contribution in [0.5, 0.6) is 0 Å². The number of nitrogens with one attached hydrogen (secondary N) is 2. The molecule has 0 aliphatic carbocycles. The van der Waals surface area contributed by atoms with Gasteiger partial charge in [0.25, 0.3) is 5.69 Å². The maximum Gasteiger partial charge on any atom is 0.314 e. The third-order valence-corrected chi connectivity index (χ3v) is 3.28. The van der Waals surface area contributed by atoms with E-state index in [1.807, 2.05) is 0 Å². The number of benzene rings is 2. The molecule has 2 aromatic carbocycles. The molecule has 0 aliphatic rings. The van der Waals surface area contributed by atoms with Gasteiger partial charge >= 0.3 is 11.8 Å². The number of hydrogen-bond donors (Lipinski definition) is 2. The molecule has 23 heavy (non-hydrogen) atoms. The van der Waals surface area contributed by atoms with Gasteiger partial charge in [0.1, 0.15) is 5.69 Å². The van der Waals surface area contributed by atoms with Gasteiger partial charge in [0.05, 0.1) is 15.6 Å². The van der Waals surface area contributed by atoms with E-state index in [0.29, 0.717) is 5.02 Å². The number of para-hydroxylation sites is 2. The number of carbonyl (C=O) groups excluding carboxylic acids is 2. The summed E-state index contributed by atoms with van der Waals surface area (Å²) in [6.45, 7) is 0. The van der Waals surface area contributed by atoms with Crippen LogP contribution in [0.25, 0.3) is 0 Å². The molecule has 2 rings (SSSR count). The van der Waals surface area contributed by atoms with Crippen LogP contribution in [0.3, 0.4) is 0 Å². The van der Waals surface area contributed by atoms with Crippen molar-refractivity contribution >= 4 is 52.1 Å². The molecule has 7 nitrogen and oxygen atoms in total. The first-order chi connectivity index (χ1) is 10.9. The van der Waals surface area contributed by atoms with E-state index < -0.39 is 16.7 Å². The van der Waals surface area contributed by atoms with Crippen LogP contribution in [0.4, 0.5) is 17.1 Å². The Balaban J connectivity index is 2.12. The fraction of sp³-hybridized carbons (Fsp3) is 0. The van der Waals surface area contributed by atoms with E-state index in [-0.39, 0.29) is 22.1 Å². The minimum absolute atomic E-state index is 0.0835. The minimum atomic E-state index is -1.06. The number of hydrogen-bond acceptors (Lipinski definition) is 4. The smallest absolute Gasteiger partial charge is 0.314 e. The zero-order valence-corrected chi connectivity index (χ0v) is 12.9. The number of nitro benzene ring substituents is 1. The lowest BCUT2D eigenvalue weighted by Crippen LogP contribution is -2.29. The molecule has 0 aliphatic heterocycles. The Bertz CT molecular complexity index is 795. The number of nitrogens with zero attached hydrogens (tertiary/aromatic N) is 1. The number of carbonyl (C=O) groups is 2. The van der Waals surface area contributed by atoms with Crippen molar-refractivity contribution in [3.8, 4) is 0 Å². The Kier molecular flexibility index (Phi) is 5.15. The molecule has 0 bridgehead atoms. The first-order valence-electron chi connectivity index (χ1n) is 6.19. The van der Waals surface area contributed by atoms with Crippen molar-refractivity contribution in [2.75, 3.05) is 10.6 Å². The van der Waals surface area contributed by atoms with Crippen molar-refractivity contribution in [2.24, 2.45) is 0 Å². The second-order valence-electron chi connectivity index (χ2n) is 4.31. The topological polar surface area (TPSA) is 101 Å². The summed E-state index contributed by atoms with van der Waals surface area (Å²) in [7, 11) is 0. The molecule has 0 saturated carbocycles. The molecule has 0 spiro atoms. The van der Waals surface area contributed by atoms with Crippen LogP contribution < -0.4 is 10.6 Å². The van der Waals surface area contributed by atoms with Crippen molar-refractivity contribution in [3.05, 3.63) is 62.6 Å². The molecule has 0 fully saturated rings. The van der Waals surface area contributed by atoms with Gasteiger partial charge in [-0.05, 0) is 24.3 Å². The summed E-state index contributed by atoms with van der Waals surface area (Å²) >= 11 is 11.6. The first kappa shape index (κ1) is 16.7. The van der Waals surface area contributed by atoms with E-state index in [1.54, 1.807) is 0 Å². The highest BCUT2D eigenvalue weighted by Crippen LogP contribution is 2.26. The van der Waals surface area contributed by atoms with Crippen molar-refractivity contribution in [3.63, 3.8) is 0 Å². The molecule has 118 valence electrons. The monoisotopic (exact) mass is 353 g/mol. The summed E-state index contributed by atoms with van der Waals surface area (Å²) in [4.78, 5) is 33.9. The van der Waals surface area contributed by atoms with E-state index in [0.717, 1.165) is 0 Å². The average Bonchev–Trinajstić information content (AvgIpc) is 2.50. The van der Waals surface area contributed by atoms with Crippen molar-refractivity contribution < 1.29 is 14.5 Å². The molecule has 9 heteroatoms. The quantitative estimate of drug-likeness (QED) is 0.500. The average molecular weight is 354 g/mol. The predicted molar refractivity (Wildman–Crippen MR) is 86.8 cm³/mol. The second-order valence-corrected chi connectivity index (χ2v) is 5.15. The zero-order valence-electron chi connectivity index (χ0n) is 11.4. The maximum atomic E-state index is 11.9. The van der Waals surface area contributed by atoms with E-state index in [9.17, 15) is 19.7 Å². The molecule has 0 aromatic heterocycles. The fourth-order valence-corrected chi connectivity index (χ4v) is 2.14. The Morgan fingerprint density at radius 2 is 1.57 bits per heavy atom. The normalized spacial score (nSPS) is 10.0. The van der Waals surface area contributed by atoms with Gasteiger partial charge in [-0.25, -0.2) is 0 Å². The van der Waals surface area contributed by atoms with Crippen LogP contribution in [0.2, 0.25) is 10.0 Å². The Morgan fingerprint density at radius 1 is 0.957 bits per heavy atom. The maximum absolute atomic E-state index is 11.9. The van der Waals surface area contributed by atoms with Gasteiger partial charge in [0.15, 0.2) is 0 Å². The lowest BCUT2D eigenvalue weighted by molar-refractivity contribution is -0.383. The largest absolute Gasteiger partial charge is 0.316 e. The third-order valence-electron chi connectivity index (χ3n) is 2.73. The van der Waals surface area contributed by atoms with Crippen LogP contribution in [-0.2, 0) is 9.59 Å². The highest BCUT2D eigenvalue weighted by molar-refractivity contribution is 6.45. The minimum Gasteiger partial charge on any atom is -0.316 e. The molecule has 0 saturated heterocycles. The van der Waals surface area contributed by atoms with Gasteiger partial charge in [-0.1, -0.05) is 35.3 Å². The number of anilines is 2. The lowest BCUT2D eigenvalue weighted by Gasteiger charge is -2.08. The molecule has 2 N–H and O–H groups in total. The molecule has 2 amide bonds.